The van der Waals surface area contributed by atoms with Gasteiger partial charge in [-0.3, -0.25) is 4.90 Å². The van der Waals surface area contributed by atoms with Gasteiger partial charge in [0.05, 0.1) is 14.2 Å². The van der Waals surface area contributed by atoms with Gasteiger partial charge in [0.2, 0.25) is 0 Å². The Hall–Kier alpha value is -1.94. The Kier molecular flexibility index (Phi) is 3.38. The summed E-state index contributed by atoms with van der Waals surface area (Å²) in [4.78, 5) is 2.53. The lowest BCUT2D eigenvalue weighted by Crippen LogP contribution is -2.42. The third-order valence-corrected chi connectivity index (χ3v) is 5.41. The molecule has 0 amide bonds. The third kappa shape index (κ3) is 2.16. The average molecular weight is 313 g/mol. The van der Waals surface area contributed by atoms with Crippen LogP contribution in [0.3, 0.4) is 0 Å². The molecule has 1 aromatic heterocycles. The summed E-state index contributed by atoms with van der Waals surface area (Å²) < 4.78 is 17.2. The highest BCUT2D eigenvalue weighted by atomic mass is 16.5. The number of fused-ring (bicyclic) bond motifs is 6. The molecule has 0 spiro atoms. The lowest BCUT2D eigenvalue weighted by Gasteiger charge is -2.37. The van der Waals surface area contributed by atoms with Gasteiger partial charge in [0.25, 0.3) is 0 Å². The largest absolute Gasteiger partial charge is 0.493 e. The third-order valence-electron chi connectivity index (χ3n) is 5.41. The fraction of sp³-hybridized carbons (Fsp3) is 0.474. The van der Waals surface area contributed by atoms with Gasteiger partial charge < -0.3 is 13.9 Å². The van der Waals surface area contributed by atoms with Crippen LogP contribution in [-0.2, 0) is 6.42 Å². The number of nitrogens with zero attached hydrogens (tertiary/aromatic N) is 1. The number of methoxy groups -OCH3 is 2. The van der Waals surface area contributed by atoms with Crippen molar-refractivity contribution in [3.05, 3.63) is 35.6 Å². The Morgan fingerprint density at radius 3 is 2.70 bits per heavy atom. The van der Waals surface area contributed by atoms with Gasteiger partial charge in [-0.2, -0.15) is 0 Å². The second kappa shape index (κ2) is 5.31. The second-order valence-corrected chi connectivity index (χ2v) is 6.67. The Balaban J connectivity index is 1.91. The van der Waals surface area contributed by atoms with Crippen LogP contribution in [0.2, 0.25) is 0 Å². The number of hydrogen-bond donors (Lipinski definition) is 0. The van der Waals surface area contributed by atoms with E-state index in [-0.39, 0.29) is 0 Å². The van der Waals surface area contributed by atoms with E-state index in [0.29, 0.717) is 17.7 Å². The van der Waals surface area contributed by atoms with Crippen LogP contribution in [0.5, 0.6) is 11.5 Å². The summed E-state index contributed by atoms with van der Waals surface area (Å²) in [5, 5.41) is 1.16. The fourth-order valence-electron chi connectivity index (χ4n) is 4.13. The van der Waals surface area contributed by atoms with Crippen LogP contribution >= 0.6 is 0 Å². The molecule has 4 nitrogen and oxygen atoms in total. The van der Waals surface area contributed by atoms with Crippen LogP contribution in [0.15, 0.2) is 28.7 Å². The molecule has 3 atom stereocenters. The smallest absolute Gasteiger partial charge is 0.164 e. The van der Waals surface area contributed by atoms with E-state index in [4.69, 9.17) is 13.9 Å². The molecular formula is C19H23NO3. The zero-order valence-electron chi connectivity index (χ0n) is 14.0. The highest BCUT2D eigenvalue weighted by Crippen LogP contribution is 2.44. The van der Waals surface area contributed by atoms with Crippen LogP contribution in [0.1, 0.15) is 30.6 Å². The van der Waals surface area contributed by atoms with Crippen molar-refractivity contribution in [3.8, 4) is 11.5 Å². The molecule has 2 aliphatic heterocycles. The topological polar surface area (TPSA) is 34.8 Å². The molecule has 0 saturated carbocycles. The number of piperidine rings is 1. The van der Waals surface area contributed by atoms with Crippen LogP contribution < -0.4 is 9.47 Å². The lowest BCUT2D eigenvalue weighted by molar-refractivity contribution is 0.172. The minimum Gasteiger partial charge on any atom is -0.493 e. The van der Waals surface area contributed by atoms with E-state index in [0.717, 1.165) is 48.4 Å². The molecule has 1 fully saturated rings. The summed E-state index contributed by atoms with van der Waals surface area (Å²) in [6.07, 6.45) is 2.02. The number of furan rings is 1. The van der Waals surface area contributed by atoms with Gasteiger partial charge in [-0.1, -0.05) is 12.2 Å². The van der Waals surface area contributed by atoms with Crippen molar-refractivity contribution in [1.82, 2.24) is 4.90 Å². The van der Waals surface area contributed by atoms with Gasteiger partial charge in [-0.15, -0.1) is 0 Å². The van der Waals surface area contributed by atoms with Crippen molar-refractivity contribution in [2.24, 2.45) is 0 Å². The van der Waals surface area contributed by atoms with Crippen molar-refractivity contribution < 1.29 is 13.9 Å². The molecule has 2 aromatic rings. The molecular weight excluding hydrogens is 290 g/mol. The molecule has 3 heterocycles. The van der Waals surface area contributed by atoms with Crippen LogP contribution in [0, 0.1) is 0 Å². The van der Waals surface area contributed by atoms with Crippen molar-refractivity contribution in [3.63, 3.8) is 0 Å². The predicted molar refractivity (Wildman–Crippen MR) is 90.6 cm³/mol. The van der Waals surface area contributed by atoms with E-state index >= 15 is 0 Å². The zero-order valence-corrected chi connectivity index (χ0v) is 14.0. The van der Waals surface area contributed by atoms with E-state index < -0.39 is 0 Å². The lowest BCUT2D eigenvalue weighted by atomic mass is 9.86. The summed E-state index contributed by atoms with van der Waals surface area (Å²) in [7, 11) is 3.33. The monoisotopic (exact) mass is 313 g/mol. The van der Waals surface area contributed by atoms with Crippen molar-refractivity contribution in [1.29, 1.82) is 0 Å². The molecule has 2 aliphatic rings. The molecule has 3 unspecified atom stereocenters. The van der Waals surface area contributed by atoms with Gasteiger partial charge >= 0.3 is 0 Å². The Morgan fingerprint density at radius 1 is 1.22 bits per heavy atom. The van der Waals surface area contributed by atoms with Gasteiger partial charge in [0.15, 0.2) is 11.5 Å². The molecule has 0 radical (unpaired) electrons. The van der Waals surface area contributed by atoms with Crippen molar-refractivity contribution in [2.45, 2.75) is 31.7 Å². The van der Waals surface area contributed by atoms with Crippen LogP contribution in [-0.4, -0.2) is 38.3 Å². The van der Waals surface area contributed by atoms with Crippen molar-refractivity contribution >= 4 is 11.0 Å². The molecule has 1 aromatic carbocycles. The van der Waals surface area contributed by atoms with Gasteiger partial charge in [-0.05, 0) is 25.8 Å². The minimum atomic E-state index is 0.387. The quantitative estimate of drug-likeness (QED) is 0.791. The highest BCUT2D eigenvalue weighted by molar-refractivity contribution is 5.86. The zero-order chi connectivity index (χ0) is 16.1. The van der Waals surface area contributed by atoms with Crippen molar-refractivity contribution in [2.75, 3.05) is 27.3 Å². The van der Waals surface area contributed by atoms with Crippen LogP contribution in [0.25, 0.3) is 11.0 Å². The van der Waals surface area contributed by atoms with Gasteiger partial charge in [0, 0.05) is 42.1 Å². The van der Waals surface area contributed by atoms with E-state index in [1.54, 1.807) is 14.2 Å². The summed E-state index contributed by atoms with van der Waals surface area (Å²) in [6, 6.07) is 4.50. The Morgan fingerprint density at radius 2 is 1.96 bits per heavy atom. The van der Waals surface area contributed by atoms with E-state index in [1.807, 2.05) is 6.07 Å². The Bertz CT molecular complexity index is 777. The molecule has 4 rings (SSSR count). The maximum absolute atomic E-state index is 6.31. The van der Waals surface area contributed by atoms with Gasteiger partial charge in [-0.25, -0.2) is 0 Å². The first-order valence-electron chi connectivity index (χ1n) is 8.20. The summed E-state index contributed by atoms with van der Waals surface area (Å²) >= 11 is 0. The van der Waals surface area contributed by atoms with Crippen LogP contribution in [0.4, 0.5) is 0 Å². The minimum absolute atomic E-state index is 0.387. The highest BCUT2D eigenvalue weighted by Gasteiger charge is 2.37. The van der Waals surface area contributed by atoms with Gasteiger partial charge in [0.1, 0.15) is 11.3 Å². The summed E-state index contributed by atoms with van der Waals surface area (Å²) in [6.45, 7) is 8.60. The molecule has 23 heavy (non-hydrogen) atoms. The summed E-state index contributed by atoms with van der Waals surface area (Å²) in [5.74, 6) is 2.99. The predicted octanol–water partition coefficient (Wildman–Crippen LogP) is 3.74. The SMILES string of the molecule is C=C1CC2c3oc4cc(OC)c(OC)cc4c3CCN(C1)C2C. The molecule has 122 valence electrons. The first-order chi connectivity index (χ1) is 11.1. The maximum Gasteiger partial charge on any atom is 0.164 e. The number of hydrogen-bond acceptors (Lipinski definition) is 4. The maximum atomic E-state index is 6.31. The number of benzene rings is 1. The fourth-order valence-corrected chi connectivity index (χ4v) is 4.13. The van der Waals surface area contributed by atoms with E-state index in [9.17, 15) is 0 Å². The normalized spacial score (nSPS) is 26.7. The summed E-state index contributed by atoms with van der Waals surface area (Å²) in [5.41, 5.74) is 3.52. The first-order valence-corrected chi connectivity index (χ1v) is 8.20. The molecule has 2 bridgehead atoms. The first kappa shape index (κ1) is 14.6. The number of rotatable bonds is 2. The van der Waals surface area contributed by atoms with E-state index in [2.05, 4.69) is 24.5 Å². The standard InChI is InChI=1S/C19H23NO3/c1-11-7-14-12(2)20(10-11)6-5-13-15-8-17(21-3)18(22-4)9-16(15)23-19(13)14/h8-9,12,14H,1,5-7,10H2,2-4H3. The average Bonchev–Trinajstić information content (AvgIpc) is 2.88. The number of ether oxygens (including phenoxy) is 2. The molecule has 4 heteroatoms. The molecule has 0 N–H and O–H groups in total. The Labute approximate surface area is 136 Å². The molecule has 0 aliphatic carbocycles. The van der Waals surface area contributed by atoms with E-state index in [1.165, 1.54) is 11.1 Å². The second-order valence-electron chi connectivity index (χ2n) is 6.67. The molecule has 1 saturated heterocycles.